The van der Waals surface area contributed by atoms with E-state index < -0.39 is 0 Å². The van der Waals surface area contributed by atoms with E-state index in [9.17, 15) is 0 Å². The lowest BCUT2D eigenvalue weighted by atomic mass is 10.6. The summed E-state index contributed by atoms with van der Waals surface area (Å²) in [5.74, 6) is 1.96. The van der Waals surface area contributed by atoms with Gasteiger partial charge in [-0.3, -0.25) is 0 Å². The van der Waals surface area contributed by atoms with E-state index in [0.29, 0.717) is 0 Å². The normalized spacial score (nSPS) is 19.8. The summed E-state index contributed by atoms with van der Waals surface area (Å²) in [5, 5.41) is 0. The zero-order chi connectivity index (χ0) is 14.5. The predicted molar refractivity (Wildman–Crippen MR) is 106 cm³/mol. The molecule has 2 rings (SSSR count). The Labute approximate surface area is 146 Å². The molecule has 0 bridgehead atoms. The second-order valence-corrected chi connectivity index (χ2v) is 11.7. The molecule has 2 heterocycles. The molecule has 0 aromatic carbocycles. The molecule has 2 aliphatic rings. The maximum Gasteiger partial charge on any atom is 0.0717 e. The molecule has 20 heavy (non-hydrogen) atoms. The molecule has 0 aliphatic carbocycles. The first-order valence-electron chi connectivity index (χ1n) is 6.19. The summed E-state index contributed by atoms with van der Waals surface area (Å²) in [6.45, 7) is 5.85. The highest BCUT2D eigenvalue weighted by Gasteiger charge is 2.27. The number of hydrogen-bond donors (Lipinski definition) is 2. The molecule has 4 N–H and O–H groups in total. The molecule has 0 unspecified atom stereocenters. The largest absolute Gasteiger partial charge is 0.330 e. The van der Waals surface area contributed by atoms with E-state index in [4.69, 9.17) is 11.5 Å². The minimum atomic E-state index is 0.726. The number of nitrogens with two attached hydrogens (primary N) is 2. The first-order valence-corrected chi connectivity index (χ1v) is 11.4. The minimum Gasteiger partial charge on any atom is -0.330 e. The van der Waals surface area contributed by atoms with Gasteiger partial charge in [0.1, 0.15) is 0 Å². The maximum atomic E-state index is 5.63. The highest BCUT2D eigenvalue weighted by atomic mass is 32.3. The first kappa shape index (κ1) is 17.6. The zero-order valence-corrected chi connectivity index (χ0v) is 16.3. The molecule has 0 amide bonds. The molecule has 0 fully saturated rings. The van der Waals surface area contributed by atoms with Gasteiger partial charge >= 0.3 is 0 Å². The van der Waals surface area contributed by atoms with E-state index >= 15 is 0 Å². The van der Waals surface area contributed by atoms with Crippen LogP contribution in [0.15, 0.2) is 26.8 Å². The van der Waals surface area contributed by atoms with E-state index in [1.165, 1.54) is 26.8 Å². The van der Waals surface area contributed by atoms with Gasteiger partial charge in [0, 0.05) is 24.6 Å². The third kappa shape index (κ3) is 4.62. The molecule has 0 atom stereocenters. The van der Waals surface area contributed by atoms with Crippen LogP contribution in [0.5, 0.6) is 0 Å². The van der Waals surface area contributed by atoms with E-state index in [-0.39, 0.29) is 0 Å². The van der Waals surface area contributed by atoms with Crippen molar-refractivity contribution in [3.05, 3.63) is 26.8 Å². The van der Waals surface area contributed by atoms with Gasteiger partial charge in [-0.2, -0.15) is 0 Å². The highest BCUT2D eigenvalue weighted by molar-refractivity contribution is 8.42. The Morgan fingerprint density at radius 1 is 0.750 bits per heavy atom. The number of hydrogen-bond acceptors (Lipinski definition) is 8. The standard InChI is InChI=1S/C12H18N2S6/c1-7-8(2)18-11(17-7)12-19-9(15-5-3-13)10(20-12)16-6-4-14/h3-6,13-14H2,1-2H3. The predicted octanol–water partition coefficient (Wildman–Crippen LogP) is 4.83. The molecule has 0 saturated carbocycles. The van der Waals surface area contributed by atoms with Gasteiger partial charge < -0.3 is 11.5 Å². The van der Waals surface area contributed by atoms with Gasteiger partial charge in [-0.1, -0.05) is 47.0 Å². The van der Waals surface area contributed by atoms with Crippen molar-refractivity contribution in [3.63, 3.8) is 0 Å². The first-order chi connectivity index (χ1) is 9.65. The zero-order valence-electron chi connectivity index (χ0n) is 11.4. The van der Waals surface area contributed by atoms with Crippen molar-refractivity contribution in [1.29, 1.82) is 0 Å². The summed E-state index contributed by atoms with van der Waals surface area (Å²) in [6.07, 6.45) is 0. The summed E-state index contributed by atoms with van der Waals surface area (Å²) in [7, 11) is 0. The lowest BCUT2D eigenvalue weighted by molar-refractivity contribution is 1.15. The van der Waals surface area contributed by atoms with Crippen molar-refractivity contribution in [2.75, 3.05) is 24.6 Å². The number of allylic oxidation sites excluding steroid dienone is 2. The Kier molecular flexibility index (Phi) is 7.71. The van der Waals surface area contributed by atoms with Crippen molar-refractivity contribution in [2.24, 2.45) is 11.5 Å². The average Bonchev–Trinajstić information content (AvgIpc) is 2.98. The Bertz CT molecular complexity index is 431. The Morgan fingerprint density at radius 3 is 1.55 bits per heavy atom. The molecular formula is C12H18N2S6. The quantitative estimate of drug-likeness (QED) is 0.677. The molecule has 0 saturated heterocycles. The smallest absolute Gasteiger partial charge is 0.0717 e. The van der Waals surface area contributed by atoms with E-state index in [1.54, 1.807) is 0 Å². The SMILES string of the molecule is CC1=C(C)SC(=C2SC(SCCN)=C(SCCN)S2)S1. The molecule has 0 spiro atoms. The molecule has 2 aliphatic heterocycles. The second-order valence-electron chi connectivity index (χ2n) is 3.94. The van der Waals surface area contributed by atoms with E-state index in [1.807, 2.05) is 70.6 Å². The van der Waals surface area contributed by atoms with Crippen LogP contribution < -0.4 is 11.5 Å². The van der Waals surface area contributed by atoms with Gasteiger partial charge in [0.25, 0.3) is 0 Å². The third-order valence-electron chi connectivity index (χ3n) is 2.39. The number of thioether (sulfide) groups is 6. The molecule has 2 nitrogen and oxygen atoms in total. The topological polar surface area (TPSA) is 52.0 Å². The van der Waals surface area contributed by atoms with Crippen LogP contribution in [0.2, 0.25) is 0 Å². The van der Waals surface area contributed by atoms with Crippen LogP contribution in [0.4, 0.5) is 0 Å². The van der Waals surface area contributed by atoms with Crippen molar-refractivity contribution < 1.29 is 0 Å². The van der Waals surface area contributed by atoms with Crippen molar-refractivity contribution >= 4 is 70.6 Å². The van der Waals surface area contributed by atoms with Crippen molar-refractivity contribution in [3.8, 4) is 0 Å². The minimum absolute atomic E-state index is 0.726. The molecule has 112 valence electrons. The second kappa shape index (κ2) is 8.76. The van der Waals surface area contributed by atoms with Crippen LogP contribution in [0.1, 0.15) is 13.8 Å². The Hall–Kier alpha value is 1.24. The summed E-state index contributed by atoms with van der Waals surface area (Å²) in [5.41, 5.74) is 11.3. The Morgan fingerprint density at radius 2 is 1.15 bits per heavy atom. The summed E-state index contributed by atoms with van der Waals surface area (Å²) in [6, 6.07) is 0. The highest BCUT2D eigenvalue weighted by Crippen LogP contribution is 2.63. The van der Waals surface area contributed by atoms with Gasteiger partial charge in [0.05, 0.1) is 16.9 Å². The fourth-order valence-electron chi connectivity index (χ4n) is 1.36. The lowest BCUT2D eigenvalue weighted by Crippen LogP contribution is -2.01. The number of rotatable bonds is 6. The van der Waals surface area contributed by atoms with E-state index in [0.717, 1.165) is 24.6 Å². The molecule has 8 heteroatoms. The summed E-state index contributed by atoms with van der Waals surface area (Å²) in [4.78, 5) is 2.86. The third-order valence-corrected chi connectivity index (χ3v) is 11.1. The lowest BCUT2D eigenvalue weighted by Gasteiger charge is -2.02. The summed E-state index contributed by atoms with van der Waals surface area (Å²) >= 11 is 11.4. The molecule has 0 aromatic heterocycles. The molecule has 0 radical (unpaired) electrons. The van der Waals surface area contributed by atoms with Crippen LogP contribution in [0.25, 0.3) is 0 Å². The van der Waals surface area contributed by atoms with Gasteiger partial charge in [0.2, 0.25) is 0 Å². The molecule has 0 aromatic rings. The van der Waals surface area contributed by atoms with Crippen LogP contribution in [0, 0.1) is 0 Å². The fraction of sp³-hybridized carbons (Fsp3) is 0.500. The van der Waals surface area contributed by atoms with Gasteiger partial charge in [-0.15, -0.1) is 23.5 Å². The van der Waals surface area contributed by atoms with Gasteiger partial charge in [-0.05, 0) is 23.7 Å². The van der Waals surface area contributed by atoms with E-state index in [2.05, 4.69) is 13.8 Å². The fourth-order valence-corrected chi connectivity index (χ4v) is 9.71. The Balaban J connectivity index is 2.06. The average molecular weight is 383 g/mol. The maximum absolute atomic E-state index is 5.63. The molecular weight excluding hydrogens is 365 g/mol. The van der Waals surface area contributed by atoms with Gasteiger partial charge in [-0.25, -0.2) is 0 Å². The monoisotopic (exact) mass is 382 g/mol. The van der Waals surface area contributed by atoms with Gasteiger partial charge in [0.15, 0.2) is 0 Å². The van der Waals surface area contributed by atoms with Crippen LogP contribution in [0.3, 0.4) is 0 Å². The van der Waals surface area contributed by atoms with Crippen LogP contribution >= 0.6 is 70.6 Å². The van der Waals surface area contributed by atoms with Crippen LogP contribution in [-0.4, -0.2) is 24.6 Å². The summed E-state index contributed by atoms with van der Waals surface area (Å²) < 4.78 is 5.68. The van der Waals surface area contributed by atoms with Crippen molar-refractivity contribution in [1.82, 2.24) is 0 Å². The van der Waals surface area contributed by atoms with Crippen LogP contribution in [-0.2, 0) is 0 Å². The van der Waals surface area contributed by atoms with Crippen molar-refractivity contribution in [2.45, 2.75) is 13.8 Å².